The van der Waals surface area contributed by atoms with Gasteiger partial charge in [-0.25, -0.2) is 0 Å². The highest BCUT2D eigenvalue weighted by molar-refractivity contribution is 8.00. The largest absolute Gasteiger partial charge is 0.483 e. The Morgan fingerprint density at radius 1 is 1.12 bits per heavy atom. The molecule has 1 heterocycles. The molecule has 0 unspecified atom stereocenters. The molecule has 1 amide bonds. The number of rotatable bonds is 5. The van der Waals surface area contributed by atoms with E-state index in [1.54, 1.807) is 4.90 Å². The quantitative estimate of drug-likeness (QED) is 0.757. The zero-order valence-corrected chi connectivity index (χ0v) is 15.4. The van der Waals surface area contributed by atoms with Gasteiger partial charge in [-0.2, -0.15) is 0 Å². The monoisotopic (exact) mass is 371 g/mol. The van der Waals surface area contributed by atoms with Crippen LogP contribution in [0.2, 0.25) is 0 Å². The molecule has 0 bridgehead atoms. The first-order chi connectivity index (χ1) is 12.7. The second kappa shape index (κ2) is 8.76. The Kier molecular flexibility index (Phi) is 6.17. The van der Waals surface area contributed by atoms with Crippen molar-refractivity contribution in [2.75, 3.05) is 32.6 Å². The highest BCUT2D eigenvalue weighted by Crippen LogP contribution is 2.29. The number of methoxy groups -OCH3 is 1. The maximum absolute atomic E-state index is 12.5. The minimum absolute atomic E-state index is 0.0532. The van der Waals surface area contributed by atoms with E-state index in [2.05, 4.69) is 0 Å². The summed E-state index contributed by atoms with van der Waals surface area (Å²) in [4.78, 5) is 25.9. The summed E-state index contributed by atoms with van der Waals surface area (Å²) in [5.74, 6) is 0.972. The average Bonchev–Trinajstić information content (AvgIpc) is 2.72. The molecule has 2 aromatic carbocycles. The number of thioether (sulfide) groups is 1. The molecular formula is C20H21NO4S. The average molecular weight is 371 g/mol. The van der Waals surface area contributed by atoms with Gasteiger partial charge in [-0.3, -0.25) is 9.59 Å². The van der Waals surface area contributed by atoms with E-state index in [-0.39, 0.29) is 23.7 Å². The number of amides is 1. The van der Waals surface area contributed by atoms with Crippen molar-refractivity contribution < 1.29 is 19.1 Å². The van der Waals surface area contributed by atoms with Gasteiger partial charge in [-0.1, -0.05) is 48.5 Å². The van der Waals surface area contributed by atoms with Crippen molar-refractivity contribution in [2.45, 2.75) is 5.25 Å². The molecule has 0 saturated carbocycles. The molecule has 6 heteroatoms. The van der Waals surface area contributed by atoms with Crippen molar-refractivity contribution in [3.63, 3.8) is 0 Å². The van der Waals surface area contributed by atoms with Crippen LogP contribution in [0.3, 0.4) is 0 Å². The minimum Gasteiger partial charge on any atom is -0.483 e. The van der Waals surface area contributed by atoms with Crippen LogP contribution < -0.4 is 4.74 Å². The maximum atomic E-state index is 12.5. The highest BCUT2D eigenvalue weighted by Gasteiger charge is 2.29. The Morgan fingerprint density at radius 2 is 1.85 bits per heavy atom. The van der Waals surface area contributed by atoms with Crippen LogP contribution in [-0.2, 0) is 14.3 Å². The number of para-hydroxylation sites is 1. The summed E-state index contributed by atoms with van der Waals surface area (Å²) in [5, 5.41) is -0.325. The predicted molar refractivity (Wildman–Crippen MR) is 102 cm³/mol. The summed E-state index contributed by atoms with van der Waals surface area (Å²) in [5.41, 5.74) is 1.98. The normalized spacial score (nSPS) is 16.8. The topological polar surface area (TPSA) is 55.8 Å². The first-order valence-electron chi connectivity index (χ1n) is 8.43. The fraction of sp³-hybridized carbons (Fsp3) is 0.300. The SMILES string of the molecule is COC(=O)[C@@H]1CN(C(=O)COc2ccccc2-c2ccccc2)CCS1. The first-order valence-corrected chi connectivity index (χ1v) is 9.48. The van der Waals surface area contributed by atoms with Gasteiger partial charge < -0.3 is 14.4 Å². The third-order valence-corrected chi connectivity index (χ3v) is 5.37. The minimum atomic E-state index is -0.325. The molecule has 1 aliphatic heterocycles. The van der Waals surface area contributed by atoms with E-state index in [0.717, 1.165) is 11.1 Å². The predicted octanol–water partition coefficient (Wildman–Crippen LogP) is 2.85. The number of esters is 1. The first kappa shape index (κ1) is 18.3. The fourth-order valence-electron chi connectivity index (χ4n) is 2.83. The second-order valence-corrected chi connectivity index (χ2v) is 7.18. The van der Waals surface area contributed by atoms with E-state index < -0.39 is 0 Å². The third-order valence-electron chi connectivity index (χ3n) is 4.21. The highest BCUT2D eigenvalue weighted by atomic mass is 32.2. The standard InChI is InChI=1S/C20H21NO4S/c1-24-20(23)18-13-21(11-12-26-18)19(22)14-25-17-10-6-5-9-16(17)15-7-3-2-4-8-15/h2-10,18H,11-14H2,1H3/t18-/m0/s1. The molecule has 1 atom stereocenters. The van der Waals surface area contributed by atoms with E-state index in [1.807, 2.05) is 54.6 Å². The summed E-state index contributed by atoms with van der Waals surface area (Å²) in [6, 6.07) is 17.6. The Labute approximate surface area is 157 Å². The Hall–Kier alpha value is -2.47. The lowest BCUT2D eigenvalue weighted by molar-refractivity contribution is -0.141. The number of nitrogens with zero attached hydrogens (tertiary/aromatic N) is 1. The molecule has 3 rings (SSSR count). The third kappa shape index (κ3) is 4.38. The number of carbonyl (C=O) groups excluding carboxylic acids is 2. The van der Waals surface area contributed by atoms with Crippen molar-refractivity contribution >= 4 is 23.6 Å². The molecule has 1 saturated heterocycles. The van der Waals surface area contributed by atoms with Crippen LogP contribution in [0.4, 0.5) is 0 Å². The molecule has 26 heavy (non-hydrogen) atoms. The van der Waals surface area contributed by atoms with Crippen molar-refractivity contribution in [3.05, 3.63) is 54.6 Å². The van der Waals surface area contributed by atoms with Crippen LogP contribution in [-0.4, -0.2) is 54.6 Å². The number of ether oxygens (including phenoxy) is 2. The van der Waals surface area contributed by atoms with Crippen LogP contribution in [0.1, 0.15) is 0 Å². The van der Waals surface area contributed by atoms with Crippen molar-refractivity contribution in [2.24, 2.45) is 0 Å². The van der Waals surface area contributed by atoms with E-state index in [9.17, 15) is 9.59 Å². The van der Waals surface area contributed by atoms with Gasteiger partial charge in [0, 0.05) is 24.4 Å². The van der Waals surface area contributed by atoms with Gasteiger partial charge in [0.2, 0.25) is 0 Å². The van der Waals surface area contributed by atoms with Crippen LogP contribution in [0.5, 0.6) is 5.75 Å². The molecule has 1 fully saturated rings. The van der Waals surface area contributed by atoms with Crippen molar-refractivity contribution in [3.8, 4) is 16.9 Å². The molecule has 0 radical (unpaired) electrons. The zero-order chi connectivity index (χ0) is 18.4. The molecule has 5 nitrogen and oxygen atoms in total. The zero-order valence-electron chi connectivity index (χ0n) is 14.6. The summed E-state index contributed by atoms with van der Waals surface area (Å²) < 4.78 is 10.6. The molecule has 0 aromatic heterocycles. The van der Waals surface area contributed by atoms with Crippen LogP contribution in [0.25, 0.3) is 11.1 Å². The molecule has 2 aromatic rings. The van der Waals surface area contributed by atoms with Gasteiger partial charge in [0.15, 0.2) is 6.61 Å². The van der Waals surface area contributed by atoms with E-state index in [1.165, 1.54) is 18.9 Å². The Bertz CT molecular complexity index is 765. The number of carbonyl (C=O) groups is 2. The Balaban J connectivity index is 1.64. The molecule has 1 aliphatic rings. The van der Waals surface area contributed by atoms with Gasteiger partial charge in [0.05, 0.1) is 7.11 Å². The molecule has 0 N–H and O–H groups in total. The van der Waals surface area contributed by atoms with E-state index >= 15 is 0 Å². The number of hydrogen-bond donors (Lipinski definition) is 0. The summed E-state index contributed by atoms with van der Waals surface area (Å²) in [7, 11) is 1.37. The van der Waals surface area contributed by atoms with Gasteiger partial charge >= 0.3 is 5.97 Å². The number of hydrogen-bond acceptors (Lipinski definition) is 5. The lowest BCUT2D eigenvalue weighted by Crippen LogP contribution is -2.46. The molecular weight excluding hydrogens is 350 g/mol. The summed E-state index contributed by atoms with van der Waals surface area (Å²) in [6.45, 7) is 0.920. The molecule has 0 aliphatic carbocycles. The van der Waals surface area contributed by atoms with Crippen molar-refractivity contribution in [1.82, 2.24) is 4.90 Å². The van der Waals surface area contributed by atoms with Crippen LogP contribution in [0.15, 0.2) is 54.6 Å². The van der Waals surface area contributed by atoms with Gasteiger partial charge in [0.25, 0.3) is 5.91 Å². The molecule has 0 spiro atoms. The second-order valence-electron chi connectivity index (χ2n) is 5.87. The van der Waals surface area contributed by atoms with Crippen LogP contribution in [0, 0.1) is 0 Å². The smallest absolute Gasteiger partial charge is 0.320 e. The van der Waals surface area contributed by atoms with Crippen molar-refractivity contribution in [1.29, 1.82) is 0 Å². The maximum Gasteiger partial charge on any atom is 0.320 e. The summed E-state index contributed by atoms with van der Waals surface area (Å²) >= 11 is 1.52. The van der Waals surface area contributed by atoms with Gasteiger partial charge in [0.1, 0.15) is 11.0 Å². The lowest BCUT2D eigenvalue weighted by Gasteiger charge is -2.31. The molecule has 136 valence electrons. The van der Waals surface area contributed by atoms with Gasteiger partial charge in [-0.15, -0.1) is 11.8 Å². The van der Waals surface area contributed by atoms with E-state index in [0.29, 0.717) is 24.6 Å². The summed E-state index contributed by atoms with van der Waals surface area (Å²) in [6.07, 6.45) is 0. The fourth-order valence-corrected chi connectivity index (χ4v) is 3.96. The van der Waals surface area contributed by atoms with Crippen LogP contribution >= 0.6 is 11.8 Å². The number of benzene rings is 2. The van der Waals surface area contributed by atoms with E-state index in [4.69, 9.17) is 9.47 Å². The Morgan fingerprint density at radius 3 is 2.62 bits per heavy atom. The van der Waals surface area contributed by atoms with Gasteiger partial charge in [-0.05, 0) is 11.6 Å². The lowest BCUT2D eigenvalue weighted by atomic mass is 10.1.